The van der Waals surface area contributed by atoms with Gasteiger partial charge in [0.05, 0.1) is 12.0 Å². The molecule has 4 aromatic rings. The average molecular weight is 617 g/mol. The number of aromatic nitrogens is 3. The summed E-state index contributed by atoms with van der Waals surface area (Å²) in [6.07, 6.45) is 3.77. The largest absolute Gasteiger partial charge is 0.444 e. The molecule has 1 fully saturated rings. The molecule has 2 N–H and O–H groups in total. The molecular formula is C34H38F2N6O3. The minimum absolute atomic E-state index is 0.0409. The molecule has 0 aliphatic carbocycles. The molecule has 5 rings (SSSR count). The molecule has 1 atom stereocenters. The summed E-state index contributed by atoms with van der Waals surface area (Å²) in [6.45, 7) is 9.53. The van der Waals surface area contributed by atoms with E-state index < -0.39 is 24.0 Å². The Labute approximate surface area is 261 Å². The molecule has 0 spiro atoms. The molecule has 45 heavy (non-hydrogen) atoms. The second-order valence-corrected chi connectivity index (χ2v) is 12.3. The highest BCUT2D eigenvalue weighted by Gasteiger charge is 2.25. The number of nitrogens with one attached hydrogen (secondary N) is 2. The molecule has 11 heteroatoms. The zero-order valence-electron chi connectivity index (χ0n) is 25.9. The third-order valence-electron chi connectivity index (χ3n) is 7.38. The van der Waals surface area contributed by atoms with Crippen LogP contribution in [0.3, 0.4) is 0 Å². The smallest absolute Gasteiger partial charge is 0.407 e. The first-order valence-corrected chi connectivity index (χ1v) is 15.0. The van der Waals surface area contributed by atoms with Gasteiger partial charge in [0.15, 0.2) is 0 Å². The van der Waals surface area contributed by atoms with Crippen LogP contribution in [-0.4, -0.2) is 56.2 Å². The van der Waals surface area contributed by atoms with Gasteiger partial charge in [-0.15, -0.1) is 0 Å². The lowest BCUT2D eigenvalue weighted by atomic mass is 10.00. The molecule has 9 nitrogen and oxygen atoms in total. The first kappa shape index (κ1) is 31.8. The molecule has 1 aliphatic rings. The first-order valence-electron chi connectivity index (χ1n) is 15.0. The number of ether oxygens (including phenoxy) is 1. The standard InChI is InChI=1S/C34H38F2N6O3/c1-22-18-42(21-38-22)27-15-23(19-41-13-7-8-25(20-41)40-33(44)45-34(2,3)4)14-26(17-27)39-32(43)30-16-24(11-12-37-30)28-9-5-6-10-29(28)31(35)36/h5-6,9-12,14-18,21,25,31H,7-8,13,19-20H2,1-4H3,(H,39,43)(H,40,44)/t25-/m0/s1. The maximum absolute atomic E-state index is 13.7. The predicted molar refractivity (Wildman–Crippen MR) is 169 cm³/mol. The van der Waals surface area contributed by atoms with Gasteiger partial charge in [-0.1, -0.05) is 24.3 Å². The van der Waals surface area contributed by atoms with Crippen molar-refractivity contribution in [2.45, 2.75) is 65.1 Å². The van der Waals surface area contributed by atoms with E-state index in [1.807, 2.05) is 56.7 Å². The number of halogens is 2. The van der Waals surface area contributed by atoms with Crippen LogP contribution in [0.4, 0.5) is 19.3 Å². The van der Waals surface area contributed by atoms with E-state index in [0.717, 1.165) is 36.3 Å². The Morgan fingerprint density at radius 3 is 2.62 bits per heavy atom. The van der Waals surface area contributed by atoms with Crippen LogP contribution in [0.25, 0.3) is 16.8 Å². The number of aryl methyl sites for hydroxylation is 1. The number of carbonyl (C=O) groups excluding carboxylic acids is 2. The minimum atomic E-state index is -2.65. The number of hydrogen-bond donors (Lipinski definition) is 2. The number of hydrogen-bond acceptors (Lipinski definition) is 6. The highest BCUT2D eigenvalue weighted by atomic mass is 19.3. The number of imidazole rings is 1. The summed E-state index contributed by atoms with van der Waals surface area (Å²) in [5.41, 5.74) is 3.44. The minimum Gasteiger partial charge on any atom is -0.444 e. The van der Waals surface area contributed by atoms with Gasteiger partial charge in [0.1, 0.15) is 11.3 Å². The second kappa shape index (κ2) is 13.6. The Morgan fingerprint density at radius 2 is 1.89 bits per heavy atom. The number of alkyl carbamates (subject to hydrolysis) is 1. The van der Waals surface area contributed by atoms with Gasteiger partial charge in [-0.2, -0.15) is 0 Å². The van der Waals surface area contributed by atoms with Crippen LogP contribution >= 0.6 is 0 Å². The fourth-order valence-electron chi connectivity index (χ4n) is 5.47. The van der Waals surface area contributed by atoms with Gasteiger partial charge in [0, 0.05) is 48.5 Å². The molecule has 2 aromatic heterocycles. The van der Waals surface area contributed by atoms with Crippen molar-refractivity contribution < 1.29 is 23.1 Å². The summed E-state index contributed by atoms with van der Waals surface area (Å²) in [4.78, 5) is 36.6. The maximum Gasteiger partial charge on any atom is 0.407 e. The number of pyridine rings is 1. The predicted octanol–water partition coefficient (Wildman–Crippen LogP) is 6.92. The molecule has 1 saturated heterocycles. The number of piperidine rings is 1. The van der Waals surface area contributed by atoms with Crippen LogP contribution in [-0.2, 0) is 11.3 Å². The van der Waals surface area contributed by atoms with E-state index in [9.17, 15) is 18.4 Å². The molecule has 236 valence electrons. The van der Waals surface area contributed by atoms with Crippen LogP contribution in [0.1, 0.15) is 67.3 Å². The van der Waals surface area contributed by atoms with Crippen molar-refractivity contribution in [1.29, 1.82) is 0 Å². The zero-order valence-corrected chi connectivity index (χ0v) is 25.9. The highest BCUT2D eigenvalue weighted by molar-refractivity contribution is 6.03. The quantitative estimate of drug-likeness (QED) is 0.223. The van der Waals surface area contributed by atoms with E-state index in [1.165, 1.54) is 18.3 Å². The number of benzene rings is 2. The third kappa shape index (κ3) is 8.51. The maximum atomic E-state index is 13.7. The fourth-order valence-corrected chi connectivity index (χ4v) is 5.47. The normalized spacial score (nSPS) is 15.6. The van der Waals surface area contributed by atoms with Gasteiger partial charge >= 0.3 is 6.09 Å². The summed E-state index contributed by atoms with van der Waals surface area (Å²) in [5, 5.41) is 5.94. The van der Waals surface area contributed by atoms with Gasteiger partial charge < -0.3 is 19.9 Å². The zero-order chi connectivity index (χ0) is 32.1. The Bertz CT molecular complexity index is 1670. The Balaban J connectivity index is 1.36. The van der Waals surface area contributed by atoms with E-state index in [4.69, 9.17) is 4.74 Å². The van der Waals surface area contributed by atoms with Crippen molar-refractivity contribution in [3.63, 3.8) is 0 Å². The summed E-state index contributed by atoms with van der Waals surface area (Å²) in [7, 11) is 0. The lowest BCUT2D eigenvalue weighted by Crippen LogP contribution is -2.48. The number of nitrogens with zero attached hydrogens (tertiary/aromatic N) is 4. The van der Waals surface area contributed by atoms with Crippen molar-refractivity contribution in [1.82, 2.24) is 24.8 Å². The Hall–Kier alpha value is -4.64. The van der Waals surface area contributed by atoms with Gasteiger partial charge in [0.2, 0.25) is 0 Å². The fraction of sp³-hybridized carbons (Fsp3) is 0.353. The molecule has 1 aliphatic heterocycles. The van der Waals surface area contributed by atoms with Crippen molar-refractivity contribution in [3.05, 3.63) is 95.8 Å². The van der Waals surface area contributed by atoms with Crippen molar-refractivity contribution in [3.8, 4) is 16.8 Å². The number of anilines is 1. The Kier molecular flexibility index (Phi) is 9.57. The first-order chi connectivity index (χ1) is 21.4. The van der Waals surface area contributed by atoms with Gasteiger partial charge in [0.25, 0.3) is 12.3 Å². The van der Waals surface area contributed by atoms with E-state index in [0.29, 0.717) is 29.9 Å². The van der Waals surface area contributed by atoms with Crippen LogP contribution in [0.5, 0.6) is 0 Å². The van der Waals surface area contributed by atoms with E-state index >= 15 is 0 Å². The SMILES string of the molecule is Cc1cn(-c2cc(CN3CCC[C@H](NC(=O)OC(C)(C)C)C3)cc(NC(=O)c3cc(-c4ccccc4C(F)F)ccn3)c2)cn1. The van der Waals surface area contributed by atoms with Crippen LogP contribution in [0, 0.1) is 6.92 Å². The topological polar surface area (TPSA) is 101 Å². The lowest BCUT2D eigenvalue weighted by molar-refractivity contribution is 0.0470. The number of rotatable bonds is 8. The Morgan fingerprint density at radius 1 is 1.09 bits per heavy atom. The van der Waals surface area contributed by atoms with Gasteiger partial charge in [-0.05, 0) is 94.1 Å². The second-order valence-electron chi connectivity index (χ2n) is 12.3. The molecule has 0 saturated carbocycles. The van der Waals surface area contributed by atoms with E-state index in [-0.39, 0.29) is 17.3 Å². The molecular weight excluding hydrogens is 578 g/mol. The average Bonchev–Trinajstić information content (AvgIpc) is 3.42. The lowest BCUT2D eigenvalue weighted by Gasteiger charge is -2.33. The summed E-state index contributed by atoms with van der Waals surface area (Å²) < 4.78 is 34.6. The number of likely N-dealkylation sites (tertiary alicyclic amines) is 1. The molecule has 3 heterocycles. The molecule has 2 amide bonds. The molecule has 0 unspecified atom stereocenters. The summed E-state index contributed by atoms with van der Waals surface area (Å²) >= 11 is 0. The van der Waals surface area contributed by atoms with E-state index in [1.54, 1.807) is 30.6 Å². The van der Waals surface area contributed by atoms with Gasteiger partial charge in [-0.3, -0.25) is 14.7 Å². The van der Waals surface area contributed by atoms with Crippen molar-refractivity contribution >= 4 is 17.7 Å². The summed E-state index contributed by atoms with van der Waals surface area (Å²) in [5.74, 6) is -0.462. The monoisotopic (exact) mass is 616 g/mol. The number of amides is 2. The van der Waals surface area contributed by atoms with Crippen LogP contribution in [0.2, 0.25) is 0 Å². The molecule has 2 aromatic carbocycles. The van der Waals surface area contributed by atoms with Gasteiger partial charge in [-0.25, -0.2) is 18.6 Å². The van der Waals surface area contributed by atoms with Crippen molar-refractivity contribution in [2.24, 2.45) is 0 Å². The number of alkyl halides is 2. The molecule has 0 bridgehead atoms. The van der Waals surface area contributed by atoms with Crippen molar-refractivity contribution in [2.75, 3.05) is 18.4 Å². The van der Waals surface area contributed by atoms with Crippen LogP contribution < -0.4 is 10.6 Å². The van der Waals surface area contributed by atoms with Crippen LogP contribution in [0.15, 0.2) is 73.3 Å². The van der Waals surface area contributed by atoms with E-state index in [2.05, 4.69) is 25.5 Å². The summed E-state index contributed by atoms with van der Waals surface area (Å²) in [6, 6.07) is 15.1. The highest BCUT2D eigenvalue weighted by Crippen LogP contribution is 2.31. The molecule has 0 radical (unpaired) electrons. The third-order valence-corrected chi connectivity index (χ3v) is 7.38. The number of carbonyl (C=O) groups is 2.